The highest BCUT2D eigenvalue weighted by Crippen LogP contribution is 2.38. The SMILES string of the molecule is Cc1c(CO)c2cc(C(=O)N3CCN(CCO)CC3)cc(NCc3ccc(F)cc3)c2n1CC1CC1. The molecule has 1 saturated heterocycles. The molecule has 0 bridgehead atoms. The molecule has 5 rings (SSSR count). The normalized spacial score (nSPS) is 16.6. The van der Waals surface area contributed by atoms with Gasteiger partial charge in [-0.3, -0.25) is 9.69 Å². The Morgan fingerprint density at radius 1 is 1.08 bits per heavy atom. The number of hydrogen-bond donors (Lipinski definition) is 3. The largest absolute Gasteiger partial charge is 0.395 e. The first-order valence-corrected chi connectivity index (χ1v) is 12.9. The summed E-state index contributed by atoms with van der Waals surface area (Å²) in [6.07, 6.45) is 2.43. The Bertz CT molecular complexity index is 1230. The number of aliphatic hydroxyl groups excluding tert-OH is 2. The minimum atomic E-state index is -0.269. The summed E-state index contributed by atoms with van der Waals surface area (Å²) in [6, 6.07) is 10.3. The second-order valence-electron chi connectivity index (χ2n) is 10.0. The van der Waals surface area contributed by atoms with E-state index >= 15 is 0 Å². The van der Waals surface area contributed by atoms with E-state index in [0.717, 1.165) is 53.0 Å². The van der Waals surface area contributed by atoms with E-state index in [0.29, 0.717) is 37.7 Å². The number of hydrogen-bond acceptors (Lipinski definition) is 5. The van der Waals surface area contributed by atoms with Gasteiger partial charge >= 0.3 is 0 Å². The molecule has 0 spiro atoms. The molecular weight excluding hydrogens is 459 g/mol. The Morgan fingerprint density at radius 3 is 2.44 bits per heavy atom. The smallest absolute Gasteiger partial charge is 0.254 e. The lowest BCUT2D eigenvalue weighted by Crippen LogP contribution is -2.49. The van der Waals surface area contributed by atoms with Gasteiger partial charge in [0.05, 0.1) is 24.4 Å². The molecule has 2 aromatic carbocycles. The number of aliphatic hydroxyl groups is 2. The maximum atomic E-state index is 13.6. The second kappa shape index (κ2) is 10.6. The third kappa shape index (κ3) is 5.12. The maximum Gasteiger partial charge on any atom is 0.254 e. The first-order chi connectivity index (χ1) is 17.5. The van der Waals surface area contributed by atoms with Gasteiger partial charge in [0.15, 0.2) is 0 Å². The third-order valence-electron chi connectivity index (χ3n) is 7.56. The molecule has 0 atom stereocenters. The summed E-state index contributed by atoms with van der Waals surface area (Å²) in [4.78, 5) is 17.6. The van der Waals surface area contributed by atoms with Crippen molar-refractivity contribution in [3.8, 4) is 0 Å². The monoisotopic (exact) mass is 494 g/mol. The van der Waals surface area contributed by atoms with Gasteiger partial charge in [0.25, 0.3) is 5.91 Å². The molecule has 3 N–H and O–H groups in total. The number of nitrogens with one attached hydrogen (secondary N) is 1. The zero-order valence-corrected chi connectivity index (χ0v) is 20.8. The van der Waals surface area contributed by atoms with E-state index in [1.807, 2.05) is 24.0 Å². The van der Waals surface area contributed by atoms with Gasteiger partial charge in [-0.2, -0.15) is 0 Å². The van der Waals surface area contributed by atoms with Crippen LogP contribution in [0.25, 0.3) is 10.9 Å². The van der Waals surface area contributed by atoms with Crippen LogP contribution in [0, 0.1) is 18.7 Å². The van der Waals surface area contributed by atoms with Crippen molar-refractivity contribution in [3.05, 3.63) is 64.6 Å². The number of amides is 1. The molecule has 7 nitrogen and oxygen atoms in total. The van der Waals surface area contributed by atoms with Crippen molar-refractivity contribution in [2.45, 2.75) is 39.5 Å². The van der Waals surface area contributed by atoms with Crippen molar-refractivity contribution in [2.75, 3.05) is 44.6 Å². The van der Waals surface area contributed by atoms with Crippen LogP contribution in [0.2, 0.25) is 0 Å². The average molecular weight is 495 g/mol. The topological polar surface area (TPSA) is 81.0 Å². The van der Waals surface area contributed by atoms with Crippen LogP contribution < -0.4 is 5.32 Å². The number of aromatic nitrogens is 1. The van der Waals surface area contributed by atoms with Crippen LogP contribution in [0.15, 0.2) is 36.4 Å². The van der Waals surface area contributed by atoms with Gasteiger partial charge in [-0.1, -0.05) is 12.1 Å². The molecular formula is C28H35FN4O3. The van der Waals surface area contributed by atoms with Crippen LogP contribution in [0.1, 0.15) is 40.0 Å². The van der Waals surface area contributed by atoms with Crippen molar-refractivity contribution < 1.29 is 19.4 Å². The van der Waals surface area contributed by atoms with Gasteiger partial charge in [0.1, 0.15) is 5.82 Å². The fourth-order valence-corrected chi connectivity index (χ4v) is 5.22. The summed E-state index contributed by atoms with van der Waals surface area (Å²) in [7, 11) is 0. The van der Waals surface area contributed by atoms with Crippen LogP contribution in [-0.4, -0.2) is 69.8 Å². The second-order valence-corrected chi connectivity index (χ2v) is 10.0. The summed E-state index contributed by atoms with van der Waals surface area (Å²) in [6.45, 7) is 6.80. The van der Waals surface area contributed by atoms with E-state index in [4.69, 9.17) is 0 Å². The van der Waals surface area contributed by atoms with E-state index < -0.39 is 0 Å². The van der Waals surface area contributed by atoms with E-state index in [9.17, 15) is 19.4 Å². The van der Waals surface area contributed by atoms with Crippen molar-refractivity contribution in [1.82, 2.24) is 14.4 Å². The molecule has 2 heterocycles. The number of β-amino-alcohol motifs (C(OH)–C–C–N with tert-alkyl or cyclic N) is 1. The number of anilines is 1. The standard InChI is InChI=1S/C28H35FN4O3/c1-19-25(18-35)24-14-22(28(36)32-10-8-31(9-11-32)12-13-34)15-26(27(24)33(19)17-21-2-3-21)30-16-20-4-6-23(29)7-5-20/h4-7,14-15,21,30,34-35H,2-3,8-13,16-18H2,1H3. The van der Waals surface area contributed by atoms with Crippen LogP contribution in [-0.2, 0) is 19.7 Å². The van der Waals surface area contributed by atoms with Crippen molar-refractivity contribution in [2.24, 2.45) is 5.92 Å². The number of halogens is 1. The molecule has 3 aromatic rings. The number of nitrogens with zero attached hydrogens (tertiary/aromatic N) is 3. The molecule has 1 aromatic heterocycles. The Balaban J connectivity index is 1.51. The lowest BCUT2D eigenvalue weighted by atomic mass is 10.0. The zero-order chi connectivity index (χ0) is 25.2. The first kappa shape index (κ1) is 24.7. The molecule has 1 saturated carbocycles. The van der Waals surface area contributed by atoms with Crippen molar-refractivity contribution in [3.63, 3.8) is 0 Å². The third-order valence-corrected chi connectivity index (χ3v) is 7.56. The maximum absolute atomic E-state index is 13.6. The molecule has 8 heteroatoms. The predicted octanol–water partition coefficient (Wildman–Crippen LogP) is 3.35. The molecule has 36 heavy (non-hydrogen) atoms. The van der Waals surface area contributed by atoms with Crippen LogP contribution in [0.5, 0.6) is 0 Å². The van der Waals surface area contributed by atoms with E-state index in [2.05, 4.69) is 14.8 Å². The lowest BCUT2D eigenvalue weighted by Gasteiger charge is -2.34. The molecule has 1 aliphatic heterocycles. The molecule has 0 unspecified atom stereocenters. The quantitative estimate of drug-likeness (QED) is 0.425. The van der Waals surface area contributed by atoms with Gasteiger partial charge in [0, 0.05) is 68.0 Å². The highest BCUT2D eigenvalue weighted by atomic mass is 19.1. The molecule has 2 fully saturated rings. The fourth-order valence-electron chi connectivity index (χ4n) is 5.22. The van der Waals surface area contributed by atoms with Gasteiger partial charge < -0.3 is 25.0 Å². The van der Waals surface area contributed by atoms with Crippen molar-refractivity contribution in [1.29, 1.82) is 0 Å². The first-order valence-electron chi connectivity index (χ1n) is 12.9. The van der Waals surface area contributed by atoms with Crippen LogP contribution in [0.4, 0.5) is 10.1 Å². The van der Waals surface area contributed by atoms with Crippen LogP contribution in [0.3, 0.4) is 0 Å². The number of piperazine rings is 1. The lowest BCUT2D eigenvalue weighted by molar-refractivity contribution is 0.0615. The van der Waals surface area contributed by atoms with Gasteiger partial charge in [-0.15, -0.1) is 0 Å². The molecule has 192 valence electrons. The Kier molecular flexibility index (Phi) is 7.27. The summed E-state index contributed by atoms with van der Waals surface area (Å²) < 4.78 is 15.7. The van der Waals surface area contributed by atoms with Gasteiger partial charge in [0.2, 0.25) is 0 Å². The minimum absolute atomic E-state index is 0.0260. The van der Waals surface area contributed by atoms with Crippen molar-refractivity contribution >= 4 is 22.5 Å². The summed E-state index contributed by atoms with van der Waals surface area (Å²) in [5, 5.41) is 23.9. The molecule has 0 radical (unpaired) electrons. The Morgan fingerprint density at radius 2 is 1.81 bits per heavy atom. The highest BCUT2D eigenvalue weighted by Gasteiger charge is 2.28. The summed E-state index contributed by atoms with van der Waals surface area (Å²) >= 11 is 0. The minimum Gasteiger partial charge on any atom is -0.395 e. The number of carbonyl (C=O) groups excluding carboxylic acids is 1. The van der Waals surface area contributed by atoms with Gasteiger partial charge in [-0.25, -0.2) is 4.39 Å². The summed E-state index contributed by atoms with van der Waals surface area (Å²) in [5.41, 5.74) is 5.29. The van der Waals surface area contributed by atoms with Crippen LogP contribution >= 0.6 is 0 Å². The average Bonchev–Trinajstić information content (AvgIpc) is 3.67. The van der Waals surface area contributed by atoms with E-state index in [1.54, 1.807) is 12.1 Å². The predicted molar refractivity (Wildman–Crippen MR) is 138 cm³/mol. The molecule has 1 amide bonds. The number of benzene rings is 2. The van der Waals surface area contributed by atoms with E-state index in [-0.39, 0.29) is 24.9 Å². The van der Waals surface area contributed by atoms with E-state index in [1.165, 1.54) is 25.0 Å². The number of rotatable bonds is 9. The molecule has 2 aliphatic rings. The van der Waals surface area contributed by atoms with Gasteiger partial charge in [-0.05, 0) is 55.5 Å². The zero-order valence-electron chi connectivity index (χ0n) is 20.8. The Hall–Kier alpha value is -2.94. The number of carbonyl (C=O) groups is 1. The fraction of sp³-hybridized carbons (Fsp3) is 0.464. The number of fused-ring (bicyclic) bond motifs is 1. The molecule has 1 aliphatic carbocycles. The highest BCUT2D eigenvalue weighted by molar-refractivity contribution is 6.04. The summed E-state index contributed by atoms with van der Waals surface area (Å²) in [5.74, 6) is 0.350. The Labute approximate surface area is 211 Å².